The molecule has 1 heterocycles. The number of amides is 1. The van der Waals surface area contributed by atoms with Crippen molar-refractivity contribution in [3.05, 3.63) is 11.5 Å². The van der Waals surface area contributed by atoms with Gasteiger partial charge in [-0.3, -0.25) is 0 Å². The van der Waals surface area contributed by atoms with Crippen molar-refractivity contribution in [2.45, 2.75) is 25.8 Å². The minimum atomic E-state index is -3.12. The summed E-state index contributed by atoms with van der Waals surface area (Å²) in [5.41, 5.74) is 0. The first kappa shape index (κ1) is 12.0. The fourth-order valence-electron chi connectivity index (χ4n) is 1.17. The van der Waals surface area contributed by atoms with E-state index < -0.39 is 22.0 Å². The number of nitrogens with one attached hydrogen (secondary N) is 1. The molecule has 1 amide bonds. The minimum absolute atomic E-state index is 0.0735. The second-order valence-corrected chi connectivity index (χ2v) is 5.33. The normalized spacial score (nSPS) is 22.6. The van der Waals surface area contributed by atoms with Gasteiger partial charge in [-0.15, -0.1) is 0 Å². The van der Waals surface area contributed by atoms with Crippen LogP contribution in [0.1, 0.15) is 19.8 Å². The summed E-state index contributed by atoms with van der Waals surface area (Å²) in [6, 6.07) is -0.455. The third-order valence-electron chi connectivity index (χ3n) is 1.96. The smallest absolute Gasteiger partial charge is 0.407 e. The minimum Gasteiger partial charge on any atom is -0.450 e. The molecule has 5 nitrogen and oxygen atoms in total. The van der Waals surface area contributed by atoms with Crippen LogP contribution in [0, 0.1) is 0 Å². The maximum absolute atomic E-state index is 11.1. The standard InChI is InChI=1S/C9H15NO4S/c1-2-3-5-14-9(11)10-8-4-6-15(12,13)7-8/h4,6,8H,2-3,5,7H2,1H3,(H,10,11). The van der Waals surface area contributed by atoms with Crippen LogP contribution in [0.3, 0.4) is 0 Å². The Morgan fingerprint density at radius 1 is 1.60 bits per heavy atom. The van der Waals surface area contributed by atoms with E-state index in [1.807, 2.05) is 6.92 Å². The molecule has 1 rings (SSSR count). The third kappa shape index (κ3) is 4.33. The Labute approximate surface area is 89.4 Å². The average Bonchev–Trinajstić information content (AvgIpc) is 2.46. The summed E-state index contributed by atoms with van der Waals surface area (Å²) in [7, 11) is -3.12. The first-order valence-corrected chi connectivity index (χ1v) is 6.59. The molecule has 0 saturated carbocycles. The van der Waals surface area contributed by atoms with Crippen LogP contribution in [-0.2, 0) is 14.6 Å². The third-order valence-corrected chi connectivity index (χ3v) is 3.36. The SMILES string of the molecule is CCCCOC(=O)NC1C=CS(=O)(=O)C1. The van der Waals surface area contributed by atoms with Gasteiger partial charge in [-0.25, -0.2) is 13.2 Å². The van der Waals surface area contributed by atoms with Crippen molar-refractivity contribution in [2.75, 3.05) is 12.4 Å². The highest BCUT2D eigenvalue weighted by Gasteiger charge is 2.23. The fraction of sp³-hybridized carbons (Fsp3) is 0.667. The van der Waals surface area contributed by atoms with Crippen molar-refractivity contribution in [1.82, 2.24) is 5.32 Å². The van der Waals surface area contributed by atoms with Gasteiger partial charge in [-0.1, -0.05) is 13.3 Å². The average molecular weight is 233 g/mol. The van der Waals surface area contributed by atoms with E-state index in [0.29, 0.717) is 6.61 Å². The Morgan fingerprint density at radius 2 is 2.33 bits per heavy atom. The van der Waals surface area contributed by atoms with E-state index in [0.717, 1.165) is 18.2 Å². The van der Waals surface area contributed by atoms with Crippen molar-refractivity contribution in [3.63, 3.8) is 0 Å². The molecule has 0 radical (unpaired) electrons. The molecule has 15 heavy (non-hydrogen) atoms. The Hall–Kier alpha value is -1.04. The van der Waals surface area contributed by atoms with Crippen LogP contribution in [0.15, 0.2) is 11.5 Å². The van der Waals surface area contributed by atoms with E-state index in [9.17, 15) is 13.2 Å². The van der Waals surface area contributed by atoms with E-state index in [1.54, 1.807) is 0 Å². The van der Waals surface area contributed by atoms with Crippen LogP contribution < -0.4 is 5.32 Å². The van der Waals surface area contributed by atoms with E-state index in [-0.39, 0.29) is 5.75 Å². The molecule has 0 spiro atoms. The van der Waals surface area contributed by atoms with Crippen LogP contribution in [0.5, 0.6) is 0 Å². The monoisotopic (exact) mass is 233 g/mol. The van der Waals surface area contributed by atoms with Gasteiger partial charge in [-0.2, -0.15) is 0 Å². The van der Waals surface area contributed by atoms with Crippen molar-refractivity contribution >= 4 is 15.9 Å². The topological polar surface area (TPSA) is 72.5 Å². The number of unbranched alkanes of at least 4 members (excludes halogenated alkanes) is 1. The Balaban J connectivity index is 2.26. The molecule has 86 valence electrons. The molecule has 1 atom stereocenters. The van der Waals surface area contributed by atoms with E-state index in [1.165, 1.54) is 6.08 Å². The zero-order chi connectivity index (χ0) is 11.3. The number of alkyl carbamates (subject to hydrolysis) is 1. The highest BCUT2D eigenvalue weighted by molar-refractivity contribution is 7.94. The summed E-state index contributed by atoms with van der Waals surface area (Å²) in [5, 5.41) is 3.58. The van der Waals surface area contributed by atoms with Crippen LogP contribution in [-0.4, -0.2) is 32.9 Å². The number of ether oxygens (including phenoxy) is 1. The van der Waals surface area contributed by atoms with E-state index in [2.05, 4.69) is 5.32 Å². The molecule has 1 N–H and O–H groups in total. The van der Waals surface area contributed by atoms with E-state index in [4.69, 9.17) is 4.74 Å². The molecule has 1 aliphatic rings. The van der Waals surface area contributed by atoms with Gasteiger partial charge in [0.05, 0.1) is 18.4 Å². The lowest BCUT2D eigenvalue weighted by atomic mass is 10.3. The highest BCUT2D eigenvalue weighted by Crippen LogP contribution is 2.07. The number of rotatable bonds is 4. The van der Waals surface area contributed by atoms with Gasteiger partial charge in [0, 0.05) is 5.41 Å². The molecule has 0 aromatic heterocycles. The molecule has 0 saturated heterocycles. The van der Waals surface area contributed by atoms with Crippen molar-refractivity contribution in [1.29, 1.82) is 0 Å². The zero-order valence-electron chi connectivity index (χ0n) is 8.60. The summed E-state index contributed by atoms with van der Waals surface area (Å²) in [6.07, 6.45) is 2.66. The second-order valence-electron chi connectivity index (χ2n) is 3.40. The van der Waals surface area contributed by atoms with Crippen LogP contribution in [0.2, 0.25) is 0 Å². The second kappa shape index (κ2) is 5.16. The van der Waals surface area contributed by atoms with Gasteiger partial charge >= 0.3 is 6.09 Å². The Kier molecular flexibility index (Phi) is 4.14. The van der Waals surface area contributed by atoms with Crippen LogP contribution in [0.25, 0.3) is 0 Å². The predicted octanol–water partition coefficient (Wildman–Crippen LogP) is 0.823. The Bertz CT molecular complexity index is 347. The molecular formula is C9H15NO4S. The molecule has 1 unspecified atom stereocenters. The van der Waals surface area contributed by atoms with Gasteiger partial charge in [0.1, 0.15) is 0 Å². The summed E-state index contributed by atoms with van der Waals surface area (Å²) >= 11 is 0. The summed E-state index contributed by atoms with van der Waals surface area (Å²) in [4.78, 5) is 11.1. The molecular weight excluding hydrogens is 218 g/mol. The van der Waals surface area contributed by atoms with Crippen LogP contribution in [0.4, 0.5) is 4.79 Å². The molecule has 0 bridgehead atoms. The summed E-state index contributed by atoms with van der Waals surface area (Å²) in [6.45, 7) is 2.36. The molecule has 0 fully saturated rings. The maximum Gasteiger partial charge on any atom is 0.407 e. The molecule has 0 aromatic carbocycles. The van der Waals surface area contributed by atoms with Gasteiger partial charge in [0.15, 0.2) is 9.84 Å². The van der Waals surface area contributed by atoms with Crippen LogP contribution >= 0.6 is 0 Å². The number of sulfone groups is 1. The number of hydrogen-bond acceptors (Lipinski definition) is 4. The lowest BCUT2D eigenvalue weighted by Gasteiger charge is -2.09. The van der Waals surface area contributed by atoms with Gasteiger partial charge in [-0.05, 0) is 12.5 Å². The van der Waals surface area contributed by atoms with Gasteiger partial charge in [0.2, 0.25) is 0 Å². The van der Waals surface area contributed by atoms with Crippen molar-refractivity contribution in [2.24, 2.45) is 0 Å². The zero-order valence-corrected chi connectivity index (χ0v) is 9.42. The molecule has 0 aromatic rings. The fourth-order valence-corrected chi connectivity index (χ4v) is 2.40. The predicted molar refractivity (Wildman–Crippen MR) is 56.1 cm³/mol. The maximum atomic E-state index is 11.1. The lowest BCUT2D eigenvalue weighted by molar-refractivity contribution is 0.143. The lowest BCUT2D eigenvalue weighted by Crippen LogP contribution is -2.36. The molecule has 0 aliphatic carbocycles. The first-order chi connectivity index (χ1) is 7.03. The van der Waals surface area contributed by atoms with Gasteiger partial charge < -0.3 is 10.1 Å². The first-order valence-electron chi connectivity index (χ1n) is 4.88. The number of carbonyl (C=O) groups is 1. The molecule has 1 aliphatic heterocycles. The number of carbonyl (C=O) groups excluding carboxylic acids is 1. The largest absolute Gasteiger partial charge is 0.450 e. The summed E-state index contributed by atoms with van der Waals surface area (Å²) in [5.74, 6) is -0.0735. The Morgan fingerprint density at radius 3 is 2.87 bits per heavy atom. The van der Waals surface area contributed by atoms with Gasteiger partial charge in [0.25, 0.3) is 0 Å². The highest BCUT2D eigenvalue weighted by atomic mass is 32.2. The quantitative estimate of drug-likeness (QED) is 0.730. The van der Waals surface area contributed by atoms with Crippen molar-refractivity contribution in [3.8, 4) is 0 Å². The number of hydrogen-bond donors (Lipinski definition) is 1. The van der Waals surface area contributed by atoms with Crippen molar-refractivity contribution < 1.29 is 17.9 Å². The van der Waals surface area contributed by atoms with E-state index >= 15 is 0 Å². The summed E-state index contributed by atoms with van der Waals surface area (Å²) < 4.78 is 26.8. The molecule has 6 heteroatoms.